The lowest BCUT2D eigenvalue weighted by Gasteiger charge is -2.28. The van der Waals surface area contributed by atoms with Crippen LogP contribution in [0.2, 0.25) is 0 Å². The van der Waals surface area contributed by atoms with E-state index in [1.807, 2.05) is 17.4 Å². The van der Waals surface area contributed by atoms with E-state index >= 15 is 0 Å². The number of benzene rings is 10. The zero-order chi connectivity index (χ0) is 40.3. The molecule has 0 saturated heterocycles. The van der Waals surface area contributed by atoms with Crippen LogP contribution in [0.5, 0.6) is 0 Å². The lowest BCUT2D eigenvalue weighted by atomic mass is 9.94. The Hall–Kier alpha value is -7.72. The summed E-state index contributed by atoms with van der Waals surface area (Å²) < 4.78 is 9.03. The molecule has 0 fully saturated rings. The Kier molecular flexibility index (Phi) is 8.39. The minimum Gasteiger partial charge on any atom is -0.456 e. The fraction of sp³-hybridized carbons (Fsp3) is 0. The summed E-state index contributed by atoms with van der Waals surface area (Å²) in [5, 5.41) is 7.37. The molecule has 0 N–H and O–H groups in total. The summed E-state index contributed by atoms with van der Waals surface area (Å²) >= 11 is 1.86. The van der Waals surface area contributed by atoms with E-state index in [4.69, 9.17) is 4.42 Å². The SMILES string of the molecule is c1cc(-c2cccc(N(c3ccc(-c4ccc5c(c4)sc4ccccc45)cc3)c3ccccc3-c3cccc4oc5ccccc5c34)c2)cc(-c2cccc3ccccc23)c1. The van der Waals surface area contributed by atoms with Gasteiger partial charge >= 0.3 is 0 Å². The van der Waals surface area contributed by atoms with E-state index in [2.05, 4.69) is 223 Å². The zero-order valence-electron chi connectivity index (χ0n) is 33.1. The van der Waals surface area contributed by atoms with Crippen LogP contribution in [0.25, 0.3) is 97.4 Å². The number of nitrogens with zero attached hydrogens (tertiary/aromatic N) is 1. The summed E-state index contributed by atoms with van der Waals surface area (Å²) in [7, 11) is 0. The van der Waals surface area contributed by atoms with Gasteiger partial charge in [0.1, 0.15) is 11.2 Å². The summed E-state index contributed by atoms with van der Waals surface area (Å²) in [5.74, 6) is 0. The Balaban J connectivity index is 1.01. The monoisotopic (exact) mass is 795 g/mol. The van der Waals surface area contributed by atoms with Crippen LogP contribution < -0.4 is 4.90 Å². The number of rotatable bonds is 7. The number of hydrogen-bond donors (Lipinski definition) is 0. The summed E-state index contributed by atoms with van der Waals surface area (Å²) in [6.07, 6.45) is 0. The van der Waals surface area contributed by atoms with Gasteiger partial charge < -0.3 is 9.32 Å². The number of hydrogen-bond acceptors (Lipinski definition) is 3. The first kappa shape index (κ1) is 35.2. The third-order valence-corrected chi connectivity index (χ3v) is 13.2. The normalized spacial score (nSPS) is 11.6. The second-order valence-electron chi connectivity index (χ2n) is 15.6. The molecule has 0 spiro atoms. The molecular weight excluding hydrogens is 759 g/mol. The molecule has 0 aliphatic rings. The van der Waals surface area contributed by atoms with Crippen LogP contribution in [0.15, 0.2) is 229 Å². The van der Waals surface area contributed by atoms with Gasteiger partial charge in [0.15, 0.2) is 0 Å². The molecule has 3 heteroatoms. The van der Waals surface area contributed by atoms with Gasteiger partial charge in [-0.2, -0.15) is 0 Å². The largest absolute Gasteiger partial charge is 0.456 e. The van der Waals surface area contributed by atoms with Gasteiger partial charge in [0.2, 0.25) is 0 Å². The third-order valence-electron chi connectivity index (χ3n) is 12.1. The van der Waals surface area contributed by atoms with Crippen LogP contribution in [-0.4, -0.2) is 0 Å². The van der Waals surface area contributed by atoms with Crippen LogP contribution in [0.3, 0.4) is 0 Å². The first-order chi connectivity index (χ1) is 30.2. The Morgan fingerprint density at radius 2 is 0.934 bits per heavy atom. The van der Waals surface area contributed by atoms with Crippen molar-refractivity contribution in [3.05, 3.63) is 224 Å². The molecule has 12 rings (SSSR count). The highest BCUT2D eigenvalue weighted by Crippen LogP contribution is 2.46. The first-order valence-electron chi connectivity index (χ1n) is 20.7. The van der Waals surface area contributed by atoms with Crippen molar-refractivity contribution >= 4 is 81.3 Å². The molecule has 12 aromatic rings. The lowest BCUT2D eigenvalue weighted by Crippen LogP contribution is -2.11. The van der Waals surface area contributed by atoms with E-state index in [1.54, 1.807) is 0 Å². The van der Waals surface area contributed by atoms with Crippen molar-refractivity contribution in [3.8, 4) is 44.5 Å². The standard InChI is InChI=1S/C58H37NOS/c1-2-19-46-39(13-1)14-11-23-47(46)43-17-9-15-40(35-43)41-16-10-18-45(36-41)59(44-32-29-38(30-33-44)42-31-34-50-49-21-5-8-28-56(49)61-57(50)37-42)53-25-6-3-20-48(53)51-24-12-27-55-58(51)52-22-4-7-26-54(52)60-55/h1-37H. The van der Waals surface area contributed by atoms with Crippen molar-refractivity contribution in [1.29, 1.82) is 0 Å². The topological polar surface area (TPSA) is 16.4 Å². The minimum absolute atomic E-state index is 0.882. The van der Waals surface area contributed by atoms with Crippen molar-refractivity contribution in [2.45, 2.75) is 0 Å². The Bertz CT molecular complexity index is 3610. The molecule has 286 valence electrons. The van der Waals surface area contributed by atoms with Crippen LogP contribution in [0.1, 0.15) is 0 Å². The van der Waals surface area contributed by atoms with E-state index in [9.17, 15) is 0 Å². The highest BCUT2D eigenvalue weighted by molar-refractivity contribution is 7.25. The van der Waals surface area contributed by atoms with Crippen molar-refractivity contribution in [2.24, 2.45) is 0 Å². The van der Waals surface area contributed by atoms with E-state index in [1.165, 1.54) is 58.8 Å². The smallest absolute Gasteiger partial charge is 0.136 e. The molecule has 10 aromatic carbocycles. The van der Waals surface area contributed by atoms with Gasteiger partial charge in [0.25, 0.3) is 0 Å². The Morgan fingerprint density at radius 3 is 1.85 bits per heavy atom. The molecule has 2 heterocycles. The number of para-hydroxylation sites is 2. The maximum atomic E-state index is 6.40. The second kappa shape index (κ2) is 14.5. The highest BCUT2D eigenvalue weighted by atomic mass is 32.1. The van der Waals surface area contributed by atoms with E-state index in [-0.39, 0.29) is 0 Å². The van der Waals surface area contributed by atoms with Gasteiger partial charge in [-0.3, -0.25) is 0 Å². The summed E-state index contributed by atoms with van der Waals surface area (Å²) in [5.41, 5.74) is 14.4. The molecular formula is C58H37NOS. The zero-order valence-corrected chi connectivity index (χ0v) is 33.9. The van der Waals surface area contributed by atoms with Crippen molar-refractivity contribution in [1.82, 2.24) is 0 Å². The summed E-state index contributed by atoms with van der Waals surface area (Å²) in [4.78, 5) is 2.41. The Labute approximate surface area is 357 Å². The molecule has 0 atom stereocenters. The predicted molar refractivity (Wildman–Crippen MR) is 261 cm³/mol. The van der Waals surface area contributed by atoms with Crippen LogP contribution in [-0.2, 0) is 0 Å². The number of fused-ring (bicyclic) bond motifs is 7. The van der Waals surface area contributed by atoms with Gasteiger partial charge in [-0.25, -0.2) is 0 Å². The molecule has 0 unspecified atom stereocenters. The average Bonchev–Trinajstić information content (AvgIpc) is 3.90. The van der Waals surface area contributed by atoms with Gasteiger partial charge in [-0.15, -0.1) is 11.3 Å². The van der Waals surface area contributed by atoms with E-state index in [0.717, 1.165) is 55.7 Å². The van der Waals surface area contributed by atoms with E-state index in [0.29, 0.717) is 0 Å². The van der Waals surface area contributed by atoms with Gasteiger partial charge in [0, 0.05) is 47.9 Å². The fourth-order valence-corrected chi connectivity index (χ4v) is 10.3. The maximum Gasteiger partial charge on any atom is 0.136 e. The molecule has 0 aliphatic heterocycles. The van der Waals surface area contributed by atoms with Gasteiger partial charge in [0.05, 0.1) is 5.69 Å². The fourth-order valence-electron chi connectivity index (χ4n) is 9.20. The van der Waals surface area contributed by atoms with Crippen LogP contribution >= 0.6 is 11.3 Å². The van der Waals surface area contributed by atoms with E-state index < -0.39 is 0 Å². The molecule has 0 aliphatic carbocycles. The molecule has 0 saturated carbocycles. The van der Waals surface area contributed by atoms with Gasteiger partial charge in [-0.1, -0.05) is 164 Å². The molecule has 0 amide bonds. The highest BCUT2D eigenvalue weighted by Gasteiger charge is 2.21. The summed E-state index contributed by atoms with van der Waals surface area (Å²) in [6.45, 7) is 0. The van der Waals surface area contributed by atoms with Crippen LogP contribution in [0, 0.1) is 0 Å². The van der Waals surface area contributed by atoms with Crippen molar-refractivity contribution in [2.75, 3.05) is 4.90 Å². The Morgan fingerprint density at radius 1 is 0.328 bits per heavy atom. The molecule has 0 bridgehead atoms. The minimum atomic E-state index is 0.882. The lowest BCUT2D eigenvalue weighted by molar-refractivity contribution is 0.669. The van der Waals surface area contributed by atoms with Crippen molar-refractivity contribution in [3.63, 3.8) is 0 Å². The molecule has 61 heavy (non-hydrogen) atoms. The molecule has 0 radical (unpaired) electrons. The van der Waals surface area contributed by atoms with Crippen molar-refractivity contribution < 1.29 is 4.42 Å². The summed E-state index contributed by atoms with van der Waals surface area (Å²) in [6, 6.07) is 81.3. The molecule has 2 aromatic heterocycles. The number of thiophene rings is 1. The number of furan rings is 1. The second-order valence-corrected chi connectivity index (χ2v) is 16.7. The first-order valence-corrected chi connectivity index (χ1v) is 21.6. The number of anilines is 3. The predicted octanol–water partition coefficient (Wildman–Crippen LogP) is 17.2. The third kappa shape index (κ3) is 6.09. The maximum absolute atomic E-state index is 6.40. The quantitative estimate of drug-likeness (QED) is 0.160. The average molecular weight is 796 g/mol. The van der Waals surface area contributed by atoms with Gasteiger partial charge in [-0.05, 0) is 110 Å². The van der Waals surface area contributed by atoms with Crippen LogP contribution in [0.4, 0.5) is 17.1 Å². The molecule has 2 nitrogen and oxygen atoms in total.